The first kappa shape index (κ1) is 17.7. The van der Waals surface area contributed by atoms with Crippen LogP contribution in [0.25, 0.3) is 5.69 Å². The maximum Gasteiger partial charge on any atom is 0.353 e. The lowest BCUT2D eigenvalue weighted by Crippen LogP contribution is -2.52. The third-order valence-electron chi connectivity index (χ3n) is 4.19. The number of nitrogens with zero attached hydrogens (tertiary/aromatic N) is 2. The highest BCUT2D eigenvalue weighted by Gasteiger charge is 2.62. The van der Waals surface area contributed by atoms with Crippen LogP contribution in [0.5, 0.6) is 0 Å². The molecule has 1 aliphatic heterocycles. The molecule has 2 heterocycles. The zero-order valence-electron chi connectivity index (χ0n) is 14.6. The van der Waals surface area contributed by atoms with Crippen molar-refractivity contribution < 1.29 is 19.1 Å². The van der Waals surface area contributed by atoms with Gasteiger partial charge in [-0.1, -0.05) is 18.2 Å². The third kappa shape index (κ3) is 2.56. The number of hydrogen-bond acceptors (Lipinski definition) is 6. The van der Waals surface area contributed by atoms with E-state index in [9.17, 15) is 19.2 Å². The Balaban J connectivity index is 2.25. The van der Waals surface area contributed by atoms with Gasteiger partial charge in [0.25, 0.3) is 5.54 Å². The normalized spacial score (nSPS) is 21.4. The number of ether oxygens (including phenoxy) is 2. The van der Waals surface area contributed by atoms with Crippen molar-refractivity contribution in [1.29, 1.82) is 0 Å². The lowest BCUT2D eigenvalue weighted by molar-refractivity contribution is -0.165. The van der Waals surface area contributed by atoms with Crippen molar-refractivity contribution in [3.05, 3.63) is 51.3 Å². The summed E-state index contributed by atoms with van der Waals surface area (Å²) in [5, 5.41) is 2.31. The molecule has 0 unspecified atom stereocenters. The second kappa shape index (κ2) is 6.01. The molecule has 1 aromatic carbocycles. The highest BCUT2D eigenvalue weighted by Crippen LogP contribution is 2.39. The minimum atomic E-state index is -2.07. The molecule has 26 heavy (non-hydrogen) atoms. The van der Waals surface area contributed by atoms with Crippen LogP contribution in [0.4, 0.5) is 0 Å². The fourth-order valence-corrected chi connectivity index (χ4v) is 3.17. The Kier molecular flexibility index (Phi) is 4.09. The molecule has 1 saturated heterocycles. The summed E-state index contributed by atoms with van der Waals surface area (Å²) in [4.78, 5) is 50.6. The SMILES string of the molecule is CCOC(=O)[C@@]1(n2[nH]c(=O)n(-c3ccccc3)c2=O)CC(C)(C)OC1=O. The Labute approximate surface area is 148 Å². The Hall–Kier alpha value is -3.10. The van der Waals surface area contributed by atoms with Crippen LogP contribution in [0.1, 0.15) is 27.2 Å². The predicted octanol–water partition coefficient (Wildman–Crippen LogP) is 0.311. The molecule has 0 amide bonds. The molecule has 9 nitrogen and oxygen atoms in total. The van der Waals surface area contributed by atoms with Gasteiger partial charge < -0.3 is 9.47 Å². The van der Waals surface area contributed by atoms with Gasteiger partial charge in [0.2, 0.25) is 0 Å². The van der Waals surface area contributed by atoms with Gasteiger partial charge in [-0.25, -0.2) is 33.5 Å². The van der Waals surface area contributed by atoms with Crippen LogP contribution in [-0.4, -0.2) is 38.5 Å². The number of cyclic esters (lactones) is 1. The second-order valence-corrected chi connectivity index (χ2v) is 6.61. The van der Waals surface area contributed by atoms with Crippen LogP contribution >= 0.6 is 0 Å². The van der Waals surface area contributed by atoms with Crippen LogP contribution < -0.4 is 11.4 Å². The minimum Gasteiger partial charge on any atom is -0.464 e. The summed E-state index contributed by atoms with van der Waals surface area (Å²) in [5.41, 5.74) is -4.40. The van der Waals surface area contributed by atoms with E-state index in [0.717, 1.165) is 9.25 Å². The van der Waals surface area contributed by atoms with Gasteiger partial charge in [0.1, 0.15) is 5.60 Å². The number of esters is 2. The van der Waals surface area contributed by atoms with Gasteiger partial charge in [-0.15, -0.1) is 0 Å². The molecule has 138 valence electrons. The van der Waals surface area contributed by atoms with E-state index in [4.69, 9.17) is 9.47 Å². The number of hydrogen-bond donors (Lipinski definition) is 1. The topological polar surface area (TPSA) is 112 Å². The van der Waals surface area contributed by atoms with Crippen LogP contribution in [0.2, 0.25) is 0 Å². The summed E-state index contributed by atoms with van der Waals surface area (Å²) >= 11 is 0. The zero-order chi connectivity index (χ0) is 19.1. The summed E-state index contributed by atoms with van der Waals surface area (Å²) in [6, 6.07) is 8.18. The third-order valence-corrected chi connectivity index (χ3v) is 4.19. The number of benzene rings is 1. The Morgan fingerprint density at radius 3 is 2.42 bits per heavy atom. The van der Waals surface area contributed by atoms with Gasteiger partial charge in [0.05, 0.1) is 12.3 Å². The molecular formula is C17H19N3O6. The molecule has 9 heteroatoms. The van der Waals surface area contributed by atoms with E-state index in [-0.39, 0.29) is 13.0 Å². The van der Waals surface area contributed by atoms with Gasteiger partial charge in [-0.3, -0.25) is 0 Å². The van der Waals surface area contributed by atoms with Crippen molar-refractivity contribution in [1.82, 2.24) is 14.3 Å². The summed E-state index contributed by atoms with van der Waals surface area (Å²) in [6.45, 7) is 4.82. The van der Waals surface area contributed by atoms with Crippen LogP contribution in [-0.2, 0) is 24.6 Å². The first-order chi connectivity index (χ1) is 12.2. The fraction of sp³-hybridized carbons (Fsp3) is 0.412. The number of rotatable bonds is 4. The standard InChI is InChI=1S/C17H19N3O6/c1-4-25-12(21)17(10-16(2,3)26-13(17)22)20-15(24)19(14(23)18-20)11-8-6-5-7-9-11/h5-9H,4,10H2,1-3H3,(H,18,23)/t17-/m0/s1. The molecule has 0 aliphatic carbocycles. The van der Waals surface area contributed by atoms with E-state index in [1.54, 1.807) is 51.1 Å². The number of H-pyrrole nitrogens is 1. The molecule has 1 atom stereocenters. The van der Waals surface area contributed by atoms with Gasteiger partial charge in [0, 0.05) is 6.42 Å². The van der Waals surface area contributed by atoms with Crippen molar-refractivity contribution in [3.8, 4) is 5.69 Å². The molecule has 1 aliphatic rings. The molecular weight excluding hydrogens is 342 g/mol. The Morgan fingerprint density at radius 1 is 1.23 bits per heavy atom. The van der Waals surface area contributed by atoms with Crippen molar-refractivity contribution in [2.45, 2.75) is 38.3 Å². The maximum absolute atomic E-state index is 12.9. The lowest BCUT2D eigenvalue weighted by atomic mass is 9.90. The van der Waals surface area contributed by atoms with Gasteiger partial charge >= 0.3 is 23.3 Å². The Morgan fingerprint density at radius 2 is 1.88 bits per heavy atom. The first-order valence-electron chi connectivity index (χ1n) is 8.13. The van der Waals surface area contributed by atoms with Crippen molar-refractivity contribution in [2.75, 3.05) is 6.61 Å². The fourth-order valence-electron chi connectivity index (χ4n) is 3.17. The van der Waals surface area contributed by atoms with Crippen molar-refractivity contribution >= 4 is 11.9 Å². The van der Waals surface area contributed by atoms with E-state index in [1.165, 1.54) is 0 Å². The molecule has 0 bridgehead atoms. The highest BCUT2D eigenvalue weighted by molar-refractivity contribution is 6.04. The van der Waals surface area contributed by atoms with Crippen LogP contribution in [0.3, 0.4) is 0 Å². The van der Waals surface area contributed by atoms with E-state index < -0.39 is 34.5 Å². The first-order valence-corrected chi connectivity index (χ1v) is 8.13. The van der Waals surface area contributed by atoms with Crippen LogP contribution in [0.15, 0.2) is 39.9 Å². The summed E-state index contributed by atoms with van der Waals surface area (Å²) < 4.78 is 11.9. The number of carbonyl (C=O) groups excluding carboxylic acids is 2. The quantitative estimate of drug-likeness (QED) is 0.620. The average Bonchev–Trinajstić information content (AvgIpc) is 3.01. The highest BCUT2D eigenvalue weighted by atomic mass is 16.6. The second-order valence-electron chi connectivity index (χ2n) is 6.61. The van der Waals surface area contributed by atoms with Gasteiger partial charge in [0.15, 0.2) is 0 Å². The summed E-state index contributed by atoms with van der Waals surface area (Å²) in [6.07, 6.45) is -0.147. The minimum absolute atomic E-state index is 0.00662. The zero-order valence-corrected chi connectivity index (χ0v) is 14.6. The monoisotopic (exact) mass is 361 g/mol. The van der Waals surface area contributed by atoms with Crippen molar-refractivity contribution in [3.63, 3.8) is 0 Å². The average molecular weight is 361 g/mol. The molecule has 3 rings (SSSR count). The van der Waals surface area contributed by atoms with E-state index >= 15 is 0 Å². The molecule has 1 aromatic heterocycles. The smallest absolute Gasteiger partial charge is 0.353 e. The van der Waals surface area contributed by atoms with Crippen molar-refractivity contribution in [2.24, 2.45) is 0 Å². The van der Waals surface area contributed by atoms with E-state index in [2.05, 4.69) is 5.10 Å². The molecule has 0 radical (unpaired) electrons. The van der Waals surface area contributed by atoms with Crippen LogP contribution in [0, 0.1) is 0 Å². The number of aromatic nitrogens is 3. The van der Waals surface area contributed by atoms with E-state index in [1.807, 2.05) is 0 Å². The Bertz CT molecular complexity index is 968. The molecule has 0 spiro atoms. The molecule has 1 fully saturated rings. The maximum atomic E-state index is 12.9. The molecule has 2 aromatic rings. The molecule has 1 N–H and O–H groups in total. The van der Waals surface area contributed by atoms with Gasteiger partial charge in [-0.05, 0) is 32.9 Å². The number of para-hydroxylation sites is 1. The van der Waals surface area contributed by atoms with E-state index in [0.29, 0.717) is 5.69 Å². The number of carbonyl (C=O) groups is 2. The predicted molar refractivity (Wildman–Crippen MR) is 90.0 cm³/mol. The molecule has 0 saturated carbocycles. The lowest BCUT2D eigenvalue weighted by Gasteiger charge is -2.23. The summed E-state index contributed by atoms with van der Waals surface area (Å²) in [7, 11) is 0. The number of nitrogens with one attached hydrogen (secondary N) is 1. The van der Waals surface area contributed by atoms with Gasteiger partial charge in [-0.2, -0.15) is 0 Å². The number of aromatic amines is 1. The largest absolute Gasteiger partial charge is 0.464 e. The summed E-state index contributed by atoms with van der Waals surface area (Å²) in [5.74, 6) is -1.89.